The summed E-state index contributed by atoms with van der Waals surface area (Å²) in [7, 11) is 0. The molecule has 0 amide bonds. The first-order valence-electron chi connectivity index (χ1n) is 3.62. The van der Waals surface area contributed by atoms with Crippen molar-refractivity contribution in [2.75, 3.05) is 6.61 Å². The van der Waals surface area contributed by atoms with Gasteiger partial charge in [0, 0.05) is 19.3 Å². The van der Waals surface area contributed by atoms with Gasteiger partial charge in [0.2, 0.25) is 5.60 Å². The lowest BCUT2D eigenvalue weighted by Gasteiger charge is -2.14. The molecule has 0 radical (unpaired) electrons. The topological polar surface area (TPSA) is 52.6 Å². The summed E-state index contributed by atoms with van der Waals surface area (Å²) >= 11 is 0. The van der Waals surface area contributed by atoms with Crippen LogP contribution in [0.3, 0.4) is 0 Å². The van der Waals surface area contributed by atoms with Crippen molar-refractivity contribution in [2.24, 2.45) is 0 Å². The van der Waals surface area contributed by atoms with Gasteiger partial charge >= 0.3 is 11.9 Å². The van der Waals surface area contributed by atoms with Crippen molar-refractivity contribution in [3.63, 3.8) is 0 Å². The third-order valence-corrected chi connectivity index (χ3v) is 2.15. The number of hydrogen-bond donors (Lipinski definition) is 0. The highest BCUT2D eigenvalue weighted by atomic mass is 16.6. The molecular weight excluding hydrogens is 148 g/mol. The molecule has 1 spiro atoms. The molecule has 4 heteroatoms. The van der Waals surface area contributed by atoms with Crippen LogP contribution in [-0.4, -0.2) is 24.1 Å². The Labute approximate surface area is 63.5 Å². The van der Waals surface area contributed by atoms with Gasteiger partial charge in [0.1, 0.15) is 0 Å². The molecule has 2 saturated heterocycles. The van der Waals surface area contributed by atoms with Gasteiger partial charge in [-0.2, -0.15) is 0 Å². The van der Waals surface area contributed by atoms with Gasteiger partial charge in [-0.25, -0.2) is 4.79 Å². The molecule has 0 bridgehead atoms. The van der Waals surface area contributed by atoms with Gasteiger partial charge < -0.3 is 9.47 Å². The van der Waals surface area contributed by atoms with Crippen LogP contribution in [0, 0.1) is 0 Å². The normalized spacial score (nSPS) is 36.0. The zero-order chi connectivity index (χ0) is 7.90. The fraction of sp³-hybridized carbons (Fsp3) is 0.714. The van der Waals surface area contributed by atoms with Gasteiger partial charge in [-0.1, -0.05) is 0 Å². The Bertz CT molecular complexity index is 222. The van der Waals surface area contributed by atoms with E-state index in [0.29, 0.717) is 25.9 Å². The molecule has 0 aromatic rings. The second-order valence-corrected chi connectivity index (χ2v) is 2.85. The average molecular weight is 156 g/mol. The van der Waals surface area contributed by atoms with Crippen molar-refractivity contribution in [1.82, 2.24) is 0 Å². The van der Waals surface area contributed by atoms with E-state index in [0.717, 1.165) is 0 Å². The molecule has 0 aliphatic carbocycles. The first-order chi connectivity index (χ1) is 5.23. The predicted molar refractivity (Wildman–Crippen MR) is 33.6 cm³/mol. The van der Waals surface area contributed by atoms with E-state index in [9.17, 15) is 9.59 Å². The van der Waals surface area contributed by atoms with Gasteiger partial charge in [-0.15, -0.1) is 0 Å². The number of ether oxygens (including phenoxy) is 2. The van der Waals surface area contributed by atoms with E-state index in [1.54, 1.807) is 0 Å². The SMILES string of the molecule is O=C1CC[C@@]2(CCOC2=O)O1. The van der Waals surface area contributed by atoms with Crippen LogP contribution >= 0.6 is 0 Å². The number of rotatable bonds is 0. The molecule has 2 aliphatic heterocycles. The molecule has 60 valence electrons. The minimum atomic E-state index is -0.892. The van der Waals surface area contributed by atoms with E-state index in [1.807, 2.05) is 0 Å². The highest BCUT2D eigenvalue weighted by Crippen LogP contribution is 2.34. The van der Waals surface area contributed by atoms with Crippen LogP contribution in [0.25, 0.3) is 0 Å². The van der Waals surface area contributed by atoms with Gasteiger partial charge in [0.25, 0.3) is 0 Å². The average Bonchev–Trinajstić information content (AvgIpc) is 2.46. The Kier molecular flexibility index (Phi) is 1.19. The predicted octanol–water partition coefficient (Wildman–Crippen LogP) is 0.00910. The second kappa shape index (κ2) is 1.96. The van der Waals surface area contributed by atoms with Crippen molar-refractivity contribution >= 4 is 11.9 Å². The van der Waals surface area contributed by atoms with E-state index >= 15 is 0 Å². The van der Waals surface area contributed by atoms with Crippen molar-refractivity contribution in [3.05, 3.63) is 0 Å². The summed E-state index contributed by atoms with van der Waals surface area (Å²) in [5.41, 5.74) is -0.892. The maximum atomic E-state index is 11.0. The summed E-state index contributed by atoms with van der Waals surface area (Å²) in [4.78, 5) is 21.8. The number of carbonyl (C=O) groups excluding carboxylic acids is 2. The molecular formula is C7H8O4. The molecule has 0 saturated carbocycles. The molecule has 2 fully saturated rings. The summed E-state index contributed by atoms with van der Waals surface area (Å²) in [5.74, 6) is -0.660. The largest absolute Gasteiger partial charge is 0.463 e. The molecule has 0 N–H and O–H groups in total. The van der Waals surface area contributed by atoms with E-state index in [4.69, 9.17) is 9.47 Å². The molecule has 2 heterocycles. The van der Waals surface area contributed by atoms with E-state index in [-0.39, 0.29) is 11.9 Å². The van der Waals surface area contributed by atoms with E-state index in [2.05, 4.69) is 0 Å². The highest BCUT2D eigenvalue weighted by molar-refractivity contribution is 5.88. The Morgan fingerprint density at radius 3 is 2.55 bits per heavy atom. The fourth-order valence-corrected chi connectivity index (χ4v) is 1.49. The molecule has 4 nitrogen and oxygen atoms in total. The number of cyclic esters (lactones) is 1. The lowest BCUT2D eigenvalue weighted by molar-refractivity contribution is -0.163. The van der Waals surface area contributed by atoms with Crippen LogP contribution in [-0.2, 0) is 19.1 Å². The number of carbonyl (C=O) groups is 2. The summed E-state index contributed by atoms with van der Waals surface area (Å²) in [6, 6.07) is 0. The quantitative estimate of drug-likeness (QED) is 0.463. The second-order valence-electron chi connectivity index (χ2n) is 2.85. The molecule has 0 aromatic carbocycles. The van der Waals surface area contributed by atoms with Gasteiger partial charge in [0.05, 0.1) is 6.61 Å². The van der Waals surface area contributed by atoms with Gasteiger partial charge in [-0.3, -0.25) is 4.79 Å². The Balaban J connectivity index is 2.22. The lowest BCUT2D eigenvalue weighted by atomic mass is 9.99. The lowest BCUT2D eigenvalue weighted by Crippen LogP contribution is -2.33. The maximum Gasteiger partial charge on any atom is 0.350 e. The summed E-state index contributed by atoms with van der Waals surface area (Å²) < 4.78 is 9.63. The first kappa shape index (κ1) is 6.64. The third kappa shape index (κ3) is 0.818. The molecule has 1 atom stereocenters. The van der Waals surface area contributed by atoms with E-state index < -0.39 is 5.60 Å². The zero-order valence-corrected chi connectivity index (χ0v) is 5.96. The number of esters is 2. The smallest absolute Gasteiger partial charge is 0.350 e. The molecule has 2 rings (SSSR count). The fourth-order valence-electron chi connectivity index (χ4n) is 1.49. The van der Waals surface area contributed by atoms with Crippen LogP contribution in [0.5, 0.6) is 0 Å². The summed E-state index contributed by atoms with van der Waals surface area (Å²) in [6.07, 6.45) is 1.36. The van der Waals surface area contributed by atoms with Crippen LogP contribution in [0.4, 0.5) is 0 Å². The Morgan fingerprint density at radius 1 is 1.27 bits per heavy atom. The highest BCUT2D eigenvalue weighted by Gasteiger charge is 2.51. The Morgan fingerprint density at radius 2 is 2.09 bits per heavy atom. The minimum Gasteiger partial charge on any atom is -0.463 e. The van der Waals surface area contributed by atoms with E-state index in [1.165, 1.54) is 0 Å². The van der Waals surface area contributed by atoms with Crippen LogP contribution in [0.2, 0.25) is 0 Å². The third-order valence-electron chi connectivity index (χ3n) is 2.15. The van der Waals surface area contributed by atoms with Crippen molar-refractivity contribution in [3.8, 4) is 0 Å². The molecule has 0 unspecified atom stereocenters. The molecule has 2 aliphatic rings. The zero-order valence-electron chi connectivity index (χ0n) is 5.96. The monoisotopic (exact) mass is 156 g/mol. The van der Waals surface area contributed by atoms with Crippen LogP contribution in [0.15, 0.2) is 0 Å². The van der Waals surface area contributed by atoms with Crippen LogP contribution < -0.4 is 0 Å². The van der Waals surface area contributed by atoms with Gasteiger partial charge in [-0.05, 0) is 0 Å². The molecule has 0 aromatic heterocycles. The standard InChI is InChI=1S/C7H8O4/c8-5-1-2-7(11-5)3-4-10-6(7)9/h1-4H2/t7-/m0/s1. The first-order valence-corrected chi connectivity index (χ1v) is 3.62. The summed E-state index contributed by atoms with van der Waals surface area (Å²) in [6.45, 7) is 0.381. The maximum absolute atomic E-state index is 11.0. The molecule has 11 heavy (non-hydrogen) atoms. The Hall–Kier alpha value is -1.06. The minimum absolute atomic E-state index is 0.288. The number of hydrogen-bond acceptors (Lipinski definition) is 4. The van der Waals surface area contributed by atoms with Gasteiger partial charge in [0.15, 0.2) is 0 Å². The summed E-state index contributed by atoms with van der Waals surface area (Å²) in [5, 5.41) is 0. The van der Waals surface area contributed by atoms with Crippen molar-refractivity contribution in [2.45, 2.75) is 24.9 Å². The van der Waals surface area contributed by atoms with Crippen LogP contribution in [0.1, 0.15) is 19.3 Å². The van der Waals surface area contributed by atoms with Crippen molar-refractivity contribution in [1.29, 1.82) is 0 Å². The van der Waals surface area contributed by atoms with Crippen molar-refractivity contribution < 1.29 is 19.1 Å².